The van der Waals surface area contributed by atoms with Gasteiger partial charge in [0.1, 0.15) is 17.9 Å². The van der Waals surface area contributed by atoms with Crippen LogP contribution in [0.15, 0.2) is 0 Å². The van der Waals surface area contributed by atoms with Gasteiger partial charge in [-0.25, -0.2) is 10.9 Å². The highest BCUT2D eigenvalue weighted by molar-refractivity contribution is 5.78. The number of nitrogens with one attached hydrogen (secondary N) is 2. The largest absolute Gasteiger partial charge is 0.480 e. The van der Waals surface area contributed by atoms with E-state index in [4.69, 9.17) is 15.9 Å². The molecule has 3 atom stereocenters. The van der Waals surface area contributed by atoms with Gasteiger partial charge in [-0.05, 0) is 26.2 Å². The van der Waals surface area contributed by atoms with Crippen molar-refractivity contribution in [3.63, 3.8) is 0 Å². The average Bonchev–Trinajstić information content (AvgIpc) is 2.40. The monoisotopic (exact) mass is 305 g/mol. The van der Waals surface area contributed by atoms with Crippen LogP contribution in [0.3, 0.4) is 0 Å². The molecule has 0 bridgehead atoms. The number of nitrogens with two attached hydrogens (primary N) is 1. The van der Waals surface area contributed by atoms with Gasteiger partial charge in [0.15, 0.2) is 0 Å². The number of carboxylic acid groups (broad SMARTS) is 2. The molecule has 0 aromatic heterocycles. The predicted molar refractivity (Wildman–Crippen MR) is 73.3 cm³/mol. The van der Waals surface area contributed by atoms with Crippen LogP contribution in [0, 0.1) is 0 Å². The van der Waals surface area contributed by atoms with E-state index in [0.29, 0.717) is 0 Å². The summed E-state index contributed by atoms with van der Waals surface area (Å²) in [5, 5.41) is 27.3. The minimum atomic E-state index is -1.19. The molecule has 0 aromatic carbocycles. The molecular formula is C12H23N3O6. The van der Waals surface area contributed by atoms with Crippen molar-refractivity contribution in [3.05, 3.63) is 0 Å². The summed E-state index contributed by atoms with van der Waals surface area (Å²) in [5.41, 5.74) is 10.0. The van der Waals surface area contributed by atoms with Crippen molar-refractivity contribution in [2.75, 3.05) is 6.54 Å². The SMILES string of the molecule is CC(=O)CC[C@H](NN[C@@H](CC[C@@H](O)CN)C(=O)O)C(=O)O. The summed E-state index contributed by atoms with van der Waals surface area (Å²) in [6, 6.07) is -2.14. The van der Waals surface area contributed by atoms with Gasteiger partial charge in [0.05, 0.1) is 6.10 Å². The Hall–Kier alpha value is -1.55. The number of carboxylic acids is 2. The molecule has 0 saturated carbocycles. The maximum atomic E-state index is 11.0. The molecule has 0 amide bonds. The van der Waals surface area contributed by atoms with Crippen LogP contribution in [0.5, 0.6) is 0 Å². The zero-order valence-electron chi connectivity index (χ0n) is 11.9. The van der Waals surface area contributed by atoms with Crippen LogP contribution in [-0.4, -0.2) is 57.8 Å². The molecule has 0 aliphatic rings. The molecule has 0 spiro atoms. The van der Waals surface area contributed by atoms with Crippen LogP contribution >= 0.6 is 0 Å². The van der Waals surface area contributed by atoms with E-state index in [1.807, 2.05) is 0 Å². The number of hydrogen-bond acceptors (Lipinski definition) is 7. The van der Waals surface area contributed by atoms with E-state index in [0.717, 1.165) is 0 Å². The van der Waals surface area contributed by atoms with Gasteiger partial charge in [0.25, 0.3) is 0 Å². The van der Waals surface area contributed by atoms with Gasteiger partial charge in [-0.1, -0.05) is 0 Å². The normalized spacial score (nSPS) is 15.2. The molecule has 0 aromatic rings. The minimum absolute atomic E-state index is 0.0239. The Morgan fingerprint density at radius 1 is 1.00 bits per heavy atom. The van der Waals surface area contributed by atoms with E-state index in [-0.39, 0.29) is 38.0 Å². The number of rotatable bonds is 12. The Balaban J connectivity index is 4.38. The van der Waals surface area contributed by atoms with E-state index >= 15 is 0 Å². The molecule has 0 unspecified atom stereocenters. The van der Waals surface area contributed by atoms with Crippen LogP contribution in [-0.2, 0) is 14.4 Å². The zero-order valence-corrected chi connectivity index (χ0v) is 11.9. The summed E-state index contributed by atoms with van der Waals surface area (Å²) in [4.78, 5) is 32.9. The minimum Gasteiger partial charge on any atom is -0.480 e. The molecular weight excluding hydrogens is 282 g/mol. The lowest BCUT2D eigenvalue weighted by molar-refractivity contribution is -0.143. The lowest BCUT2D eigenvalue weighted by Gasteiger charge is -2.20. The van der Waals surface area contributed by atoms with Crippen LogP contribution < -0.4 is 16.6 Å². The molecule has 0 rings (SSSR count). The van der Waals surface area contributed by atoms with E-state index in [2.05, 4.69) is 10.9 Å². The highest BCUT2D eigenvalue weighted by Gasteiger charge is 2.22. The second-order valence-electron chi connectivity index (χ2n) is 4.78. The van der Waals surface area contributed by atoms with E-state index in [9.17, 15) is 19.5 Å². The smallest absolute Gasteiger partial charge is 0.322 e. The average molecular weight is 305 g/mol. The Morgan fingerprint density at radius 2 is 1.48 bits per heavy atom. The van der Waals surface area contributed by atoms with Gasteiger partial charge in [-0.3, -0.25) is 9.59 Å². The number of aliphatic carboxylic acids is 2. The first kappa shape index (κ1) is 19.4. The molecule has 7 N–H and O–H groups in total. The highest BCUT2D eigenvalue weighted by atomic mass is 16.4. The third-order valence-corrected chi connectivity index (χ3v) is 2.87. The third-order valence-electron chi connectivity index (χ3n) is 2.87. The maximum Gasteiger partial charge on any atom is 0.322 e. The summed E-state index contributed by atoms with van der Waals surface area (Å²) >= 11 is 0. The molecule has 0 aliphatic heterocycles. The fourth-order valence-corrected chi connectivity index (χ4v) is 1.54. The number of aliphatic hydroxyl groups is 1. The lowest BCUT2D eigenvalue weighted by Crippen LogP contribution is -2.52. The molecule has 122 valence electrons. The van der Waals surface area contributed by atoms with Crippen LogP contribution in [0.4, 0.5) is 0 Å². The molecule has 0 saturated heterocycles. The summed E-state index contributed by atoms with van der Waals surface area (Å²) in [6.07, 6.45) is -0.417. The summed E-state index contributed by atoms with van der Waals surface area (Å²) < 4.78 is 0. The Kier molecular flexibility index (Phi) is 9.46. The number of hydrogen-bond donors (Lipinski definition) is 6. The van der Waals surface area contributed by atoms with Crippen molar-refractivity contribution >= 4 is 17.7 Å². The Bertz CT molecular complexity index is 363. The van der Waals surface area contributed by atoms with Crippen LogP contribution in [0.1, 0.15) is 32.6 Å². The van der Waals surface area contributed by atoms with Gasteiger partial charge in [-0.2, -0.15) is 0 Å². The molecule has 9 nitrogen and oxygen atoms in total. The van der Waals surface area contributed by atoms with Crippen molar-refractivity contribution in [2.45, 2.75) is 50.8 Å². The summed E-state index contributed by atoms with van der Waals surface area (Å²) in [6.45, 7) is 1.37. The van der Waals surface area contributed by atoms with Crippen molar-refractivity contribution in [1.82, 2.24) is 10.9 Å². The fraction of sp³-hybridized carbons (Fsp3) is 0.750. The second kappa shape index (κ2) is 10.2. The van der Waals surface area contributed by atoms with Gasteiger partial charge < -0.3 is 25.8 Å². The fourth-order valence-electron chi connectivity index (χ4n) is 1.54. The van der Waals surface area contributed by atoms with E-state index in [1.54, 1.807) is 0 Å². The maximum absolute atomic E-state index is 11.0. The number of hydrazine groups is 1. The summed E-state index contributed by atoms with van der Waals surface area (Å²) in [7, 11) is 0. The van der Waals surface area contributed by atoms with Gasteiger partial charge >= 0.3 is 11.9 Å². The van der Waals surface area contributed by atoms with E-state index in [1.165, 1.54) is 6.92 Å². The van der Waals surface area contributed by atoms with Gasteiger partial charge in [-0.15, -0.1) is 0 Å². The van der Waals surface area contributed by atoms with Crippen molar-refractivity contribution in [3.8, 4) is 0 Å². The molecule has 0 fully saturated rings. The van der Waals surface area contributed by atoms with Gasteiger partial charge in [0.2, 0.25) is 0 Å². The van der Waals surface area contributed by atoms with Gasteiger partial charge in [0, 0.05) is 13.0 Å². The van der Waals surface area contributed by atoms with Crippen LogP contribution in [0.2, 0.25) is 0 Å². The standard InChI is InChI=1S/C12H23N3O6/c1-7(16)2-4-9(11(18)19)14-15-10(12(20)21)5-3-8(17)6-13/h8-10,14-15,17H,2-6,13H2,1H3,(H,18,19)(H,20,21)/t8-,9+,10+/m1/s1. The first-order valence-electron chi connectivity index (χ1n) is 6.62. The van der Waals surface area contributed by atoms with Crippen molar-refractivity contribution < 1.29 is 29.7 Å². The number of carbonyl (C=O) groups excluding carboxylic acids is 1. The Labute approximate surface area is 122 Å². The van der Waals surface area contributed by atoms with Crippen molar-refractivity contribution in [1.29, 1.82) is 0 Å². The highest BCUT2D eigenvalue weighted by Crippen LogP contribution is 2.03. The van der Waals surface area contributed by atoms with Crippen molar-refractivity contribution in [2.24, 2.45) is 5.73 Å². The molecule has 0 aliphatic carbocycles. The number of Topliss-reactive ketones (excluding diaryl/α,β-unsaturated/α-hetero) is 1. The number of ketones is 1. The van der Waals surface area contributed by atoms with E-state index < -0.39 is 30.1 Å². The first-order chi connectivity index (χ1) is 9.77. The first-order valence-corrected chi connectivity index (χ1v) is 6.62. The summed E-state index contributed by atoms with van der Waals surface area (Å²) in [5.74, 6) is -2.51. The number of carbonyl (C=O) groups is 3. The number of aliphatic hydroxyl groups excluding tert-OH is 1. The predicted octanol–water partition coefficient (Wildman–Crippen LogP) is -1.54. The topological polar surface area (TPSA) is 162 Å². The Morgan fingerprint density at radius 3 is 1.86 bits per heavy atom. The third kappa shape index (κ3) is 9.08. The van der Waals surface area contributed by atoms with Crippen LogP contribution in [0.25, 0.3) is 0 Å². The molecule has 0 heterocycles. The molecule has 21 heavy (non-hydrogen) atoms. The second-order valence-corrected chi connectivity index (χ2v) is 4.78. The zero-order chi connectivity index (χ0) is 16.4. The quantitative estimate of drug-likeness (QED) is 0.234. The lowest BCUT2D eigenvalue weighted by atomic mass is 10.1. The molecule has 0 radical (unpaired) electrons. The molecule has 9 heteroatoms.